The predicted molar refractivity (Wildman–Crippen MR) is 131 cm³/mol. The van der Waals surface area contributed by atoms with Crippen molar-refractivity contribution in [1.82, 2.24) is 15.5 Å². The van der Waals surface area contributed by atoms with Gasteiger partial charge in [0.25, 0.3) is 0 Å². The number of aliphatic hydroxyl groups is 1. The minimum Gasteiger partial charge on any atom is -0.396 e. The van der Waals surface area contributed by atoms with Crippen LogP contribution in [0.15, 0.2) is 30.3 Å². The Labute approximate surface area is 207 Å². The number of nitrogens with zero attached hydrogens (tertiary/aromatic N) is 1. The van der Waals surface area contributed by atoms with Gasteiger partial charge in [0, 0.05) is 25.7 Å². The fraction of sp³-hybridized carbons (Fsp3) is 0.667. The third-order valence-electron chi connectivity index (χ3n) is 8.03. The van der Waals surface area contributed by atoms with Gasteiger partial charge in [-0.15, -0.1) is 0 Å². The summed E-state index contributed by atoms with van der Waals surface area (Å²) in [6.45, 7) is 6.70. The highest BCUT2D eigenvalue weighted by Crippen LogP contribution is 2.63. The standard InChI is InChI=1S/C27H39N3O5/c1-4-10-18(2)29-24(33)22-27-14-13-26(3,35-27)20(21(27)25(34)30(22)15-8-9-16-31)23(32)28-17-19-11-6-5-7-12-19/h5-7,11-12,18,20-22,31H,4,8-10,13-17H2,1-3H3,(H,28,32)(H,29,33)/t18?,20-,21+,22?,26+,27?/m1/s1. The summed E-state index contributed by atoms with van der Waals surface area (Å²) in [6.07, 6.45) is 4.11. The highest BCUT2D eigenvalue weighted by Gasteiger charge is 2.77. The van der Waals surface area contributed by atoms with Gasteiger partial charge in [0.15, 0.2) is 0 Å². The number of likely N-dealkylation sites (tertiary alicyclic amines) is 1. The molecule has 1 aromatic rings. The Balaban J connectivity index is 1.61. The molecule has 3 N–H and O–H groups in total. The first kappa shape index (κ1) is 25.6. The largest absolute Gasteiger partial charge is 0.396 e. The van der Waals surface area contributed by atoms with Crippen molar-refractivity contribution < 1.29 is 24.2 Å². The summed E-state index contributed by atoms with van der Waals surface area (Å²) in [5, 5.41) is 15.4. The number of unbranched alkanes of at least 4 members (excludes halogenated alkanes) is 1. The van der Waals surface area contributed by atoms with Gasteiger partial charge in [-0.3, -0.25) is 14.4 Å². The van der Waals surface area contributed by atoms with Crippen LogP contribution in [0.25, 0.3) is 0 Å². The lowest BCUT2D eigenvalue weighted by Gasteiger charge is -2.34. The summed E-state index contributed by atoms with van der Waals surface area (Å²) in [7, 11) is 0. The van der Waals surface area contributed by atoms with E-state index in [1.807, 2.05) is 44.2 Å². The second-order valence-corrected chi connectivity index (χ2v) is 10.6. The van der Waals surface area contributed by atoms with Crippen LogP contribution in [0.3, 0.4) is 0 Å². The molecule has 6 atom stereocenters. The number of amides is 3. The Morgan fingerprint density at radius 3 is 2.63 bits per heavy atom. The molecule has 8 nitrogen and oxygen atoms in total. The lowest BCUT2D eigenvalue weighted by molar-refractivity contribution is -0.146. The van der Waals surface area contributed by atoms with Crippen LogP contribution in [0.1, 0.15) is 64.9 Å². The van der Waals surface area contributed by atoms with Crippen molar-refractivity contribution in [1.29, 1.82) is 0 Å². The molecule has 3 amide bonds. The Morgan fingerprint density at radius 2 is 1.94 bits per heavy atom. The number of benzene rings is 1. The fourth-order valence-corrected chi connectivity index (χ4v) is 6.48. The predicted octanol–water partition coefficient (Wildman–Crippen LogP) is 2.14. The summed E-state index contributed by atoms with van der Waals surface area (Å²) in [5.74, 6) is -1.94. The van der Waals surface area contributed by atoms with Crippen LogP contribution in [0.5, 0.6) is 0 Å². The molecule has 35 heavy (non-hydrogen) atoms. The first-order chi connectivity index (χ1) is 16.8. The molecule has 3 aliphatic heterocycles. The average Bonchev–Trinajstić information content (AvgIpc) is 3.39. The maximum atomic E-state index is 13.8. The van der Waals surface area contributed by atoms with E-state index in [2.05, 4.69) is 17.6 Å². The maximum absolute atomic E-state index is 13.8. The van der Waals surface area contributed by atoms with Crippen LogP contribution in [-0.2, 0) is 25.7 Å². The third-order valence-corrected chi connectivity index (χ3v) is 8.03. The molecule has 0 saturated carbocycles. The highest BCUT2D eigenvalue weighted by atomic mass is 16.5. The Morgan fingerprint density at radius 1 is 1.20 bits per heavy atom. The van der Waals surface area contributed by atoms with Crippen LogP contribution < -0.4 is 10.6 Å². The first-order valence-corrected chi connectivity index (χ1v) is 13.0. The first-order valence-electron chi connectivity index (χ1n) is 13.0. The van der Waals surface area contributed by atoms with Crippen molar-refractivity contribution >= 4 is 17.7 Å². The lowest BCUT2D eigenvalue weighted by atomic mass is 9.66. The molecule has 4 rings (SSSR count). The minimum atomic E-state index is -1.00. The molecule has 2 bridgehead atoms. The van der Waals surface area contributed by atoms with E-state index in [-0.39, 0.29) is 30.4 Å². The molecule has 3 unspecified atom stereocenters. The highest BCUT2D eigenvalue weighted by molar-refractivity contribution is 5.99. The van der Waals surface area contributed by atoms with E-state index in [0.717, 1.165) is 18.4 Å². The van der Waals surface area contributed by atoms with Crippen LogP contribution in [0, 0.1) is 11.8 Å². The van der Waals surface area contributed by atoms with Gasteiger partial charge >= 0.3 is 0 Å². The second-order valence-electron chi connectivity index (χ2n) is 10.6. The minimum absolute atomic E-state index is 0.0171. The van der Waals surface area contributed by atoms with Crippen LogP contribution in [0.2, 0.25) is 0 Å². The molecule has 192 valence electrons. The molecular weight excluding hydrogens is 446 g/mol. The van der Waals surface area contributed by atoms with Crippen molar-refractivity contribution in [2.75, 3.05) is 13.2 Å². The van der Waals surface area contributed by atoms with E-state index in [0.29, 0.717) is 38.8 Å². The fourth-order valence-electron chi connectivity index (χ4n) is 6.48. The number of ether oxygens (including phenoxy) is 1. The SMILES string of the molecule is CCCC(C)NC(=O)C1N(CCCCO)C(=O)[C@@H]2[C@H](C(=O)NCc3ccccc3)[C@]3(C)CCC12O3. The Hall–Kier alpha value is -2.45. The van der Waals surface area contributed by atoms with Crippen LogP contribution in [0.4, 0.5) is 0 Å². The number of nitrogens with one attached hydrogen (secondary N) is 2. The summed E-state index contributed by atoms with van der Waals surface area (Å²) < 4.78 is 6.61. The van der Waals surface area contributed by atoms with E-state index in [1.165, 1.54) is 0 Å². The van der Waals surface area contributed by atoms with Gasteiger partial charge in [0.1, 0.15) is 11.6 Å². The zero-order chi connectivity index (χ0) is 25.2. The summed E-state index contributed by atoms with van der Waals surface area (Å²) in [5.41, 5.74) is -0.808. The second kappa shape index (κ2) is 10.3. The van der Waals surface area contributed by atoms with Gasteiger partial charge in [-0.2, -0.15) is 0 Å². The zero-order valence-corrected chi connectivity index (χ0v) is 21.1. The van der Waals surface area contributed by atoms with Crippen molar-refractivity contribution in [3.8, 4) is 0 Å². The van der Waals surface area contributed by atoms with Crippen molar-refractivity contribution in [3.63, 3.8) is 0 Å². The Bertz CT molecular complexity index is 940. The molecule has 3 fully saturated rings. The van der Waals surface area contributed by atoms with Crippen LogP contribution >= 0.6 is 0 Å². The van der Waals surface area contributed by atoms with Gasteiger partial charge in [-0.05, 0) is 51.5 Å². The van der Waals surface area contributed by atoms with Crippen LogP contribution in [-0.4, -0.2) is 64.2 Å². The molecule has 8 heteroatoms. The van der Waals surface area contributed by atoms with E-state index >= 15 is 0 Å². The molecule has 0 aliphatic carbocycles. The van der Waals surface area contributed by atoms with Gasteiger partial charge in [-0.25, -0.2) is 0 Å². The van der Waals surface area contributed by atoms with E-state index in [9.17, 15) is 19.5 Å². The molecule has 3 aliphatic rings. The topological polar surface area (TPSA) is 108 Å². The maximum Gasteiger partial charge on any atom is 0.246 e. The van der Waals surface area contributed by atoms with Gasteiger partial charge in [0.05, 0.1) is 17.4 Å². The molecular formula is C27H39N3O5. The van der Waals surface area contributed by atoms with Gasteiger partial charge < -0.3 is 25.4 Å². The molecule has 0 aromatic heterocycles. The van der Waals surface area contributed by atoms with E-state index < -0.39 is 29.1 Å². The lowest BCUT2D eigenvalue weighted by Crippen LogP contribution is -2.56. The number of carbonyl (C=O) groups is 3. The van der Waals surface area contributed by atoms with E-state index in [1.54, 1.807) is 4.90 Å². The number of carbonyl (C=O) groups excluding carboxylic acids is 3. The number of hydrogen-bond donors (Lipinski definition) is 3. The molecule has 3 saturated heterocycles. The molecule has 3 heterocycles. The summed E-state index contributed by atoms with van der Waals surface area (Å²) >= 11 is 0. The summed E-state index contributed by atoms with van der Waals surface area (Å²) in [6, 6.07) is 8.88. The number of aliphatic hydroxyl groups excluding tert-OH is 1. The monoisotopic (exact) mass is 485 g/mol. The van der Waals surface area contributed by atoms with Crippen molar-refractivity contribution in [2.24, 2.45) is 11.8 Å². The smallest absolute Gasteiger partial charge is 0.246 e. The van der Waals surface area contributed by atoms with E-state index in [4.69, 9.17) is 4.74 Å². The van der Waals surface area contributed by atoms with Gasteiger partial charge in [0.2, 0.25) is 17.7 Å². The third kappa shape index (κ3) is 4.58. The van der Waals surface area contributed by atoms with Crippen molar-refractivity contribution in [2.45, 2.75) is 89.1 Å². The molecule has 1 aromatic carbocycles. The number of rotatable bonds is 11. The average molecular weight is 486 g/mol. The number of fused-ring (bicyclic) bond motifs is 1. The van der Waals surface area contributed by atoms with Gasteiger partial charge in [-0.1, -0.05) is 43.7 Å². The zero-order valence-electron chi connectivity index (χ0n) is 21.1. The quantitative estimate of drug-likeness (QED) is 0.416. The normalized spacial score (nSPS) is 31.9. The Kier molecular flexibility index (Phi) is 7.52. The molecule has 1 spiro atoms. The van der Waals surface area contributed by atoms with Crippen molar-refractivity contribution in [3.05, 3.63) is 35.9 Å². The number of hydrogen-bond acceptors (Lipinski definition) is 5. The molecule has 0 radical (unpaired) electrons. The summed E-state index contributed by atoms with van der Waals surface area (Å²) in [4.78, 5) is 42.6.